The number of aromatic amines is 1. The van der Waals surface area contributed by atoms with E-state index in [0.29, 0.717) is 12.4 Å². The summed E-state index contributed by atoms with van der Waals surface area (Å²) < 4.78 is 5.57. The fourth-order valence-electron chi connectivity index (χ4n) is 2.82. The number of benzene rings is 1. The smallest absolute Gasteiger partial charge is 0.214 e. The quantitative estimate of drug-likeness (QED) is 0.305. The molecule has 0 fully saturated rings. The van der Waals surface area contributed by atoms with Gasteiger partial charge in [-0.3, -0.25) is 4.99 Å². The van der Waals surface area contributed by atoms with E-state index in [1.54, 1.807) is 7.05 Å². The number of aliphatic imine (C=N–C) groups is 1. The van der Waals surface area contributed by atoms with Gasteiger partial charge in [0.2, 0.25) is 5.89 Å². The van der Waals surface area contributed by atoms with Gasteiger partial charge in [-0.1, -0.05) is 12.1 Å². The summed E-state index contributed by atoms with van der Waals surface area (Å²) in [6, 6.07) is 6.50. The number of halogens is 1. The van der Waals surface area contributed by atoms with Crippen LogP contribution in [0.4, 0.5) is 0 Å². The molecule has 2 heterocycles. The predicted octanol–water partition coefficient (Wildman–Crippen LogP) is 3.61. The van der Waals surface area contributed by atoms with E-state index in [4.69, 9.17) is 4.42 Å². The lowest BCUT2D eigenvalue weighted by Crippen LogP contribution is -2.37. The summed E-state index contributed by atoms with van der Waals surface area (Å²) in [4.78, 5) is 11.9. The lowest BCUT2D eigenvalue weighted by Gasteiger charge is -2.10. The molecule has 0 atom stereocenters. The number of hydrogen-bond acceptors (Lipinski definition) is 3. The molecule has 0 saturated heterocycles. The molecule has 0 aliphatic rings. The Kier molecular flexibility index (Phi) is 7.07. The van der Waals surface area contributed by atoms with Crippen LogP contribution in [0.2, 0.25) is 0 Å². The third kappa shape index (κ3) is 4.78. The van der Waals surface area contributed by atoms with Gasteiger partial charge in [0.15, 0.2) is 5.96 Å². The van der Waals surface area contributed by atoms with Gasteiger partial charge in [0, 0.05) is 30.7 Å². The van der Waals surface area contributed by atoms with Crippen LogP contribution in [0.1, 0.15) is 28.5 Å². The maximum Gasteiger partial charge on any atom is 0.214 e. The van der Waals surface area contributed by atoms with E-state index in [1.165, 1.54) is 22.0 Å². The first-order valence-electron chi connectivity index (χ1n) is 8.51. The summed E-state index contributed by atoms with van der Waals surface area (Å²) in [6.07, 6.45) is 3.00. The van der Waals surface area contributed by atoms with E-state index in [-0.39, 0.29) is 24.0 Å². The first kappa shape index (κ1) is 20.3. The highest BCUT2D eigenvalue weighted by atomic mass is 127. The molecule has 7 heteroatoms. The summed E-state index contributed by atoms with van der Waals surface area (Å²) in [5.74, 6) is 2.27. The average Bonchev–Trinajstić information content (AvgIpc) is 3.13. The molecule has 140 valence electrons. The first-order valence-corrected chi connectivity index (χ1v) is 8.51. The van der Waals surface area contributed by atoms with Gasteiger partial charge < -0.3 is 20.0 Å². The highest BCUT2D eigenvalue weighted by Crippen LogP contribution is 2.19. The number of rotatable bonds is 5. The van der Waals surface area contributed by atoms with Crippen LogP contribution in [0, 0.1) is 20.8 Å². The van der Waals surface area contributed by atoms with Crippen LogP contribution in [-0.4, -0.2) is 29.5 Å². The second kappa shape index (κ2) is 9.07. The normalized spacial score (nSPS) is 11.5. The van der Waals surface area contributed by atoms with Crippen molar-refractivity contribution in [2.45, 2.75) is 33.7 Å². The molecule has 3 aromatic rings. The zero-order valence-corrected chi connectivity index (χ0v) is 18.0. The Morgan fingerprint density at radius 1 is 1.23 bits per heavy atom. The van der Waals surface area contributed by atoms with Gasteiger partial charge >= 0.3 is 0 Å². The van der Waals surface area contributed by atoms with Crippen LogP contribution in [-0.2, 0) is 13.0 Å². The molecule has 0 bridgehead atoms. The largest absolute Gasteiger partial charge is 0.444 e. The lowest BCUT2D eigenvalue weighted by molar-refractivity contribution is 0.464. The molecule has 0 spiro atoms. The van der Waals surface area contributed by atoms with Crippen LogP contribution in [0.5, 0.6) is 0 Å². The van der Waals surface area contributed by atoms with Gasteiger partial charge in [0.25, 0.3) is 0 Å². The highest BCUT2D eigenvalue weighted by molar-refractivity contribution is 14.0. The van der Waals surface area contributed by atoms with E-state index in [9.17, 15) is 0 Å². The number of guanidine groups is 1. The van der Waals surface area contributed by atoms with Gasteiger partial charge in [0.05, 0.1) is 12.2 Å². The van der Waals surface area contributed by atoms with E-state index < -0.39 is 0 Å². The summed E-state index contributed by atoms with van der Waals surface area (Å²) in [5.41, 5.74) is 4.68. The Morgan fingerprint density at radius 3 is 2.73 bits per heavy atom. The molecule has 0 unspecified atom stereocenters. The van der Waals surface area contributed by atoms with Crippen molar-refractivity contribution in [3.8, 4) is 0 Å². The number of nitrogens with zero attached hydrogens (tertiary/aromatic N) is 2. The molecule has 26 heavy (non-hydrogen) atoms. The Morgan fingerprint density at radius 2 is 2.04 bits per heavy atom. The number of hydrogen-bond donors (Lipinski definition) is 3. The Hall–Kier alpha value is -2.03. The molecule has 0 saturated carbocycles. The molecule has 6 nitrogen and oxygen atoms in total. The van der Waals surface area contributed by atoms with Crippen molar-refractivity contribution in [3.63, 3.8) is 0 Å². The molecule has 3 rings (SSSR count). The van der Waals surface area contributed by atoms with Crippen molar-refractivity contribution >= 4 is 40.8 Å². The summed E-state index contributed by atoms with van der Waals surface area (Å²) in [6.45, 7) is 7.28. The minimum absolute atomic E-state index is 0. The Bertz CT molecular complexity index is 877. The predicted molar refractivity (Wildman–Crippen MR) is 116 cm³/mol. The van der Waals surface area contributed by atoms with Crippen molar-refractivity contribution in [1.82, 2.24) is 20.6 Å². The molecule has 0 aliphatic carbocycles. The average molecular weight is 467 g/mol. The van der Waals surface area contributed by atoms with Gasteiger partial charge in [-0.15, -0.1) is 24.0 Å². The van der Waals surface area contributed by atoms with Gasteiger partial charge in [0.1, 0.15) is 5.76 Å². The highest BCUT2D eigenvalue weighted by Gasteiger charge is 2.07. The molecule has 1 aromatic carbocycles. The standard InChI is InChI=1S/C19H25N5O.HI/c1-12-5-6-16-15(10-22-17(16)9-12)7-8-21-19(20-4)23-11-18-24-13(2)14(3)25-18;/h5-6,9-10,22H,7-8,11H2,1-4H3,(H2,20,21,23);1H. The van der Waals surface area contributed by atoms with Crippen LogP contribution in [0.25, 0.3) is 10.9 Å². The number of H-pyrrole nitrogens is 1. The molecular weight excluding hydrogens is 441 g/mol. The number of aryl methyl sites for hydroxylation is 3. The van der Waals surface area contributed by atoms with Crippen LogP contribution < -0.4 is 10.6 Å². The van der Waals surface area contributed by atoms with E-state index in [0.717, 1.165) is 30.4 Å². The minimum atomic E-state index is 0. The molecule has 0 radical (unpaired) electrons. The monoisotopic (exact) mass is 467 g/mol. The van der Waals surface area contributed by atoms with Crippen LogP contribution in [0.15, 0.2) is 33.8 Å². The van der Waals surface area contributed by atoms with Gasteiger partial charge in [-0.25, -0.2) is 4.98 Å². The van der Waals surface area contributed by atoms with Crippen molar-refractivity contribution in [1.29, 1.82) is 0 Å². The second-order valence-electron chi connectivity index (χ2n) is 6.21. The molecular formula is C19H26IN5O. The van der Waals surface area contributed by atoms with Crippen molar-refractivity contribution in [3.05, 3.63) is 52.9 Å². The summed E-state index contributed by atoms with van der Waals surface area (Å²) in [7, 11) is 1.76. The van der Waals surface area contributed by atoms with Crippen molar-refractivity contribution in [2.24, 2.45) is 4.99 Å². The Labute approximate surface area is 170 Å². The topological polar surface area (TPSA) is 78.2 Å². The third-order valence-electron chi connectivity index (χ3n) is 4.31. The first-order chi connectivity index (χ1) is 12.1. The molecule has 2 aromatic heterocycles. The lowest BCUT2D eigenvalue weighted by atomic mass is 10.1. The number of nitrogens with one attached hydrogen (secondary N) is 3. The van der Waals surface area contributed by atoms with Crippen molar-refractivity contribution in [2.75, 3.05) is 13.6 Å². The summed E-state index contributed by atoms with van der Waals surface area (Å²) in [5, 5.41) is 7.84. The summed E-state index contributed by atoms with van der Waals surface area (Å²) >= 11 is 0. The van der Waals surface area contributed by atoms with E-state index in [1.807, 2.05) is 13.8 Å². The van der Waals surface area contributed by atoms with Crippen molar-refractivity contribution < 1.29 is 4.42 Å². The van der Waals surface area contributed by atoms with Gasteiger partial charge in [-0.2, -0.15) is 0 Å². The SMILES string of the molecule is CN=C(NCCc1c[nH]c2cc(C)ccc12)NCc1nc(C)c(C)o1.I. The fourth-order valence-corrected chi connectivity index (χ4v) is 2.82. The fraction of sp³-hybridized carbons (Fsp3) is 0.368. The molecule has 3 N–H and O–H groups in total. The van der Waals surface area contributed by atoms with E-state index in [2.05, 4.69) is 56.9 Å². The molecule has 0 amide bonds. The van der Waals surface area contributed by atoms with Gasteiger partial charge in [-0.05, 0) is 44.4 Å². The van der Waals surface area contributed by atoms with Crippen LogP contribution >= 0.6 is 24.0 Å². The Balaban J connectivity index is 0.00000243. The number of oxazole rings is 1. The molecule has 0 aliphatic heterocycles. The zero-order chi connectivity index (χ0) is 17.8. The second-order valence-corrected chi connectivity index (χ2v) is 6.21. The maximum absolute atomic E-state index is 5.57. The third-order valence-corrected chi connectivity index (χ3v) is 4.31. The van der Waals surface area contributed by atoms with Crippen LogP contribution in [0.3, 0.4) is 0 Å². The number of fused-ring (bicyclic) bond motifs is 1. The number of aromatic nitrogens is 2. The maximum atomic E-state index is 5.57. The minimum Gasteiger partial charge on any atom is -0.444 e. The van der Waals surface area contributed by atoms with E-state index >= 15 is 0 Å². The zero-order valence-electron chi connectivity index (χ0n) is 15.6.